The SMILES string of the molecule is CN(C)CCN1CCOC2CCN(C(=O)CC3(O)CCC3)CCC21. The van der Waals surface area contributed by atoms with Crippen LogP contribution < -0.4 is 0 Å². The molecule has 1 amide bonds. The number of aliphatic hydroxyl groups is 1. The van der Waals surface area contributed by atoms with E-state index in [-0.39, 0.29) is 12.0 Å². The van der Waals surface area contributed by atoms with Gasteiger partial charge in [-0.25, -0.2) is 0 Å². The lowest BCUT2D eigenvalue weighted by atomic mass is 9.77. The first-order chi connectivity index (χ1) is 11.5. The number of hydrogen-bond donors (Lipinski definition) is 1. The number of nitrogens with zero attached hydrogens (tertiary/aromatic N) is 3. The first-order valence-electron chi connectivity index (χ1n) is 9.47. The highest BCUT2D eigenvalue weighted by Gasteiger charge is 2.40. The van der Waals surface area contributed by atoms with E-state index >= 15 is 0 Å². The normalized spacial score (nSPS) is 30.6. The lowest BCUT2D eigenvalue weighted by Gasteiger charge is -2.40. The fourth-order valence-corrected chi connectivity index (χ4v) is 4.17. The summed E-state index contributed by atoms with van der Waals surface area (Å²) in [5.74, 6) is 0.121. The van der Waals surface area contributed by atoms with Crippen LogP contribution in [0.15, 0.2) is 0 Å². The molecule has 0 aromatic heterocycles. The van der Waals surface area contributed by atoms with Crippen LogP contribution in [0.3, 0.4) is 0 Å². The largest absolute Gasteiger partial charge is 0.389 e. The van der Waals surface area contributed by atoms with Crippen molar-refractivity contribution in [2.24, 2.45) is 0 Å². The van der Waals surface area contributed by atoms with Crippen molar-refractivity contribution in [2.45, 2.75) is 56.3 Å². The third kappa shape index (κ3) is 4.28. The summed E-state index contributed by atoms with van der Waals surface area (Å²) in [4.78, 5) is 19.3. The lowest BCUT2D eigenvalue weighted by Crippen LogP contribution is -2.52. The standard InChI is InChI=1S/C18H33N3O3/c1-19(2)10-11-20-12-13-24-16-5-9-21(8-4-15(16)20)17(22)14-18(23)6-3-7-18/h15-16,23H,3-14H2,1-2H3. The van der Waals surface area contributed by atoms with E-state index in [4.69, 9.17) is 4.74 Å². The van der Waals surface area contributed by atoms with Gasteiger partial charge in [0.1, 0.15) is 0 Å². The highest BCUT2D eigenvalue weighted by Crippen LogP contribution is 2.35. The van der Waals surface area contributed by atoms with E-state index in [0.29, 0.717) is 12.5 Å². The van der Waals surface area contributed by atoms with Crippen molar-refractivity contribution in [3.63, 3.8) is 0 Å². The van der Waals surface area contributed by atoms with Gasteiger partial charge in [0.05, 0.1) is 24.7 Å². The molecule has 3 rings (SSSR count). The predicted octanol–water partition coefficient (Wildman–Crippen LogP) is 0.545. The number of ether oxygens (including phenoxy) is 1. The van der Waals surface area contributed by atoms with E-state index in [1.807, 2.05) is 4.90 Å². The topological polar surface area (TPSA) is 56.2 Å². The summed E-state index contributed by atoms with van der Waals surface area (Å²) in [5, 5.41) is 10.3. The van der Waals surface area contributed by atoms with Crippen LogP contribution in [0.4, 0.5) is 0 Å². The second kappa shape index (κ2) is 7.68. The van der Waals surface area contributed by atoms with Gasteiger partial charge in [-0.2, -0.15) is 0 Å². The molecule has 0 radical (unpaired) electrons. The van der Waals surface area contributed by atoms with Gasteiger partial charge in [0.25, 0.3) is 0 Å². The van der Waals surface area contributed by atoms with E-state index in [1.54, 1.807) is 0 Å². The van der Waals surface area contributed by atoms with Crippen LogP contribution in [0.5, 0.6) is 0 Å². The number of hydrogen-bond acceptors (Lipinski definition) is 5. The second-order valence-electron chi connectivity index (χ2n) is 8.03. The summed E-state index contributed by atoms with van der Waals surface area (Å²) in [6.07, 6.45) is 5.02. The van der Waals surface area contributed by atoms with Crippen molar-refractivity contribution >= 4 is 5.91 Å². The molecule has 2 heterocycles. The maximum absolute atomic E-state index is 12.6. The Morgan fingerprint density at radius 1 is 1.25 bits per heavy atom. The van der Waals surface area contributed by atoms with Crippen molar-refractivity contribution in [1.29, 1.82) is 0 Å². The molecular weight excluding hydrogens is 306 g/mol. The first-order valence-corrected chi connectivity index (χ1v) is 9.47. The molecular formula is C18H33N3O3. The Morgan fingerprint density at radius 3 is 2.67 bits per heavy atom. The van der Waals surface area contributed by atoms with E-state index in [9.17, 15) is 9.90 Å². The summed E-state index contributed by atoms with van der Waals surface area (Å²) >= 11 is 0. The van der Waals surface area contributed by atoms with Crippen molar-refractivity contribution in [3.05, 3.63) is 0 Å². The number of likely N-dealkylation sites (N-methyl/N-ethyl adjacent to an activating group) is 1. The Balaban J connectivity index is 1.55. The summed E-state index contributed by atoms with van der Waals surface area (Å²) in [6, 6.07) is 0.420. The number of carbonyl (C=O) groups excluding carboxylic acids is 1. The predicted molar refractivity (Wildman–Crippen MR) is 92.9 cm³/mol. The molecule has 6 nitrogen and oxygen atoms in total. The number of rotatable bonds is 5. The molecule has 2 aliphatic heterocycles. The smallest absolute Gasteiger partial charge is 0.225 e. The summed E-state index contributed by atoms with van der Waals surface area (Å²) in [5.41, 5.74) is -0.718. The molecule has 1 N–H and O–H groups in total. The van der Waals surface area contributed by atoms with E-state index in [1.165, 1.54) is 0 Å². The average Bonchev–Trinajstić information content (AvgIpc) is 2.74. The minimum absolute atomic E-state index is 0.121. The van der Waals surface area contributed by atoms with Crippen molar-refractivity contribution in [1.82, 2.24) is 14.7 Å². The quantitative estimate of drug-likeness (QED) is 0.793. The molecule has 0 bridgehead atoms. The Hall–Kier alpha value is -0.690. The molecule has 2 saturated heterocycles. The maximum Gasteiger partial charge on any atom is 0.225 e. The van der Waals surface area contributed by atoms with Crippen LogP contribution in [-0.2, 0) is 9.53 Å². The first kappa shape index (κ1) is 18.1. The zero-order valence-corrected chi connectivity index (χ0v) is 15.2. The molecule has 138 valence electrons. The fraction of sp³-hybridized carbons (Fsp3) is 0.944. The van der Waals surface area contributed by atoms with Gasteiger partial charge < -0.3 is 19.6 Å². The number of carbonyl (C=O) groups is 1. The van der Waals surface area contributed by atoms with Crippen molar-refractivity contribution in [3.8, 4) is 0 Å². The molecule has 3 fully saturated rings. The van der Waals surface area contributed by atoms with Gasteiger partial charge in [0.2, 0.25) is 5.91 Å². The van der Waals surface area contributed by atoms with Gasteiger partial charge in [-0.1, -0.05) is 0 Å². The van der Waals surface area contributed by atoms with E-state index in [2.05, 4.69) is 23.9 Å². The second-order valence-corrected chi connectivity index (χ2v) is 8.03. The lowest BCUT2D eigenvalue weighted by molar-refractivity contribution is -0.140. The molecule has 0 aromatic carbocycles. The monoisotopic (exact) mass is 339 g/mol. The number of fused-ring (bicyclic) bond motifs is 1. The maximum atomic E-state index is 12.6. The van der Waals surface area contributed by atoms with Gasteiger partial charge >= 0.3 is 0 Å². The van der Waals surface area contributed by atoms with Crippen LogP contribution >= 0.6 is 0 Å². The molecule has 0 spiro atoms. The third-order valence-corrected chi connectivity index (χ3v) is 5.94. The van der Waals surface area contributed by atoms with Crippen LogP contribution in [0.2, 0.25) is 0 Å². The van der Waals surface area contributed by atoms with Crippen molar-refractivity contribution in [2.75, 3.05) is 53.4 Å². The Morgan fingerprint density at radius 2 is 2.00 bits per heavy atom. The van der Waals surface area contributed by atoms with Crippen LogP contribution in [0, 0.1) is 0 Å². The van der Waals surface area contributed by atoms with Crippen LogP contribution in [0.25, 0.3) is 0 Å². The molecule has 6 heteroatoms. The number of likely N-dealkylation sites (tertiary alicyclic amines) is 1. The molecule has 2 atom stereocenters. The van der Waals surface area contributed by atoms with Gasteiger partial charge in [0.15, 0.2) is 0 Å². The molecule has 1 saturated carbocycles. The Labute approximate surface area is 145 Å². The highest BCUT2D eigenvalue weighted by molar-refractivity contribution is 5.77. The average molecular weight is 339 g/mol. The number of amides is 1. The molecule has 24 heavy (non-hydrogen) atoms. The third-order valence-electron chi connectivity index (χ3n) is 5.94. The Kier molecular flexibility index (Phi) is 5.80. The zero-order chi connectivity index (χ0) is 17.2. The minimum Gasteiger partial charge on any atom is -0.389 e. The van der Waals surface area contributed by atoms with Crippen LogP contribution in [0.1, 0.15) is 38.5 Å². The molecule has 0 aromatic rings. The van der Waals surface area contributed by atoms with Gasteiger partial charge in [-0.05, 0) is 46.2 Å². The Bertz CT molecular complexity index is 439. The van der Waals surface area contributed by atoms with Gasteiger partial charge in [0, 0.05) is 38.8 Å². The molecule has 2 unspecified atom stereocenters. The van der Waals surface area contributed by atoms with Gasteiger partial charge in [-0.15, -0.1) is 0 Å². The summed E-state index contributed by atoms with van der Waals surface area (Å²) in [7, 11) is 4.22. The van der Waals surface area contributed by atoms with E-state index in [0.717, 1.165) is 71.4 Å². The van der Waals surface area contributed by atoms with Gasteiger partial charge in [-0.3, -0.25) is 9.69 Å². The summed E-state index contributed by atoms with van der Waals surface area (Å²) < 4.78 is 6.02. The van der Waals surface area contributed by atoms with Crippen molar-refractivity contribution < 1.29 is 14.6 Å². The molecule has 1 aliphatic carbocycles. The fourth-order valence-electron chi connectivity index (χ4n) is 4.17. The number of morpholine rings is 1. The van der Waals surface area contributed by atoms with Crippen LogP contribution in [-0.4, -0.2) is 96.9 Å². The highest BCUT2D eigenvalue weighted by atomic mass is 16.5. The minimum atomic E-state index is -0.718. The zero-order valence-electron chi connectivity index (χ0n) is 15.2. The molecule has 3 aliphatic rings. The summed E-state index contributed by atoms with van der Waals surface area (Å²) in [6.45, 7) is 5.45. The van der Waals surface area contributed by atoms with E-state index < -0.39 is 5.60 Å².